The molecule has 3 aliphatic rings. The van der Waals surface area contributed by atoms with E-state index in [-0.39, 0.29) is 30.5 Å². The molecule has 0 radical (unpaired) electrons. The Bertz CT molecular complexity index is 1490. The highest BCUT2D eigenvalue weighted by atomic mass is 19.1. The zero-order valence-electron chi connectivity index (χ0n) is 21.8. The Morgan fingerprint density at radius 1 is 1.05 bits per heavy atom. The number of carbonyl (C=O) groups is 3. The summed E-state index contributed by atoms with van der Waals surface area (Å²) >= 11 is 0. The third-order valence-electron chi connectivity index (χ3n) is 8.01. The van der Waals surface area contributed by atoms with Crippen LogP contribution < -0.4 is 16.0 Å². The molecule has 3 heterocycles. The molecule has 206 valence electrons. The van der Waals surface area contributed by atoms with Gasteiger partial charge in [-0.15, -0.1) is 0 Å². The quantitative estimate of drug-likeness (QED) is 0.440. The first-order chi connectivity index (χ1) is 19.3. The number of rotatable bonds is 6. The van der Waals surface area contributed by atoms with Crippen molar-refractivity contribution in [3.8, 4) is 0 Å². The van der Waals surface area contributed by atoms with E-state index >= 15 is 0 Å². The molecule has 1 aromatic heterocycles. The van der Waals surface area contributed by atoms with Crippen molar-refractivity contribution < 1.29 is 23.2 Å². The lowest BCUT2D eigenvalue weighted by Crippen LogP contribution is -2.50. The number of pyridine rings is 1. The maximum Gasteiger partial charge on any atom is 0.244 e. The number of anilines is 2. The summed E-state index contributed by atoms with van der Waals surface area (Å²) in [5.41, 5.74) is 2.95. The number of hydrogen-bond acceptors (Lipinski definition) is 5. The molecule has 40 heavy (non-hydrogen) atoms. The van der Waals surface area contributed by atoms with E-state index in [1.165, 1.54) is 17.0 Å². The fraction of sp³-hybridized carbons (Fsp3) is 0.333. The molecule has 3 amide bonds. The largest absolute Gasteiger partial charge is 0.328 e. The summed E-state index contributed by atoms with van der Waals surface area (Å²) in [6, 6.07) is 11.9. The van der Waals surface area contributed by atoms with Gasteiger partial charge in [0, 0.05) is 30.1 Å². The SMILES string of the molecule is O=C(CN(Cc1cc(F)cc(F)c1)C(=O)C1CCCCN1)Nc1ccc2c(c1)CC1(C2)C(=O)Nc2ncccc21. The van der Waals surface area contributed by atoms with Gasteiger partial charge in [-0.25, -0.2) is 13.8 Å². The van der Waals surface area contributed by atoms with Crippen LogP contribution in [0.5, 0.6) is 0 Å². The lowest BCUT2D eigenvalue weighted by molar-refractivity contribution is -0.137. The van der Waals surface area contributed by atoms with Gasteiger partial charge in [0.1, 0.15) is 24.0 Å². The molecule has 1 saturated heterocycles. The van der Waals surface area contributed by atoms with E-state index in [9.17, 15) is 23.2 Å². The number of carbonyl (C=O) groups excluding carboxylic acids is 3. The molecule has 8 nitrogen and oxygen atoms in total. The first kappa shape index (κ1) is 26.1. The van der Waals surface area contributed by atoms with Crippen molar-refractivity contribution in [2.45, 2.75) is 50.1 Å². The second-order valence-electron chi connectivity index (χ2n) is 10.8. The molecule has 10 heteroatoms. The van der Waals surface area contributed by atoms with Crippen molar-refractivity contribution in [2.75, 3.05) is 23.7 Å². The summed E-state index contributed by atoms with van der Waals surface area (Å²) < 4.78 is 27.7. The molecule has 1 fully saturated rings. The van der Waals surface area contributed by atoms with E-state index in [4.69, 9.17) is 0 Å². The van der Waals surface area contributed by atoms with Crippen LogP contribution in [-0.4, -0.2) is 46.7 Å². The zero-order valence-corrected chi connectivity index (χ0v) is 21.8. The van der Waals surface area contributed by atoms with Crippen LogP contribution >= 0.6 is 0 Å². The Labute approximate surface area is 230 Å². The number of halogens is 2. The lowest BCUT2D eigenvalue weighted by atomic mass is 9.79. The van der Waals surface area contributed by atoms with Gasteiger partial charge in [-0.1, -0.05) is 18.6 Å². The number of benzene rings is 2. The molecule has 0 bridgehead atoms. The molecule has 2 atom stereocenters. The number of aromatic nitrogens is 1. The molecule has 3 aromatic rings. The molecule has 2 unspecified atom stereocenters. The van der Waals surface area contributed by atoms with E-state index in [0.29, 0.717) is 37.3 Å². The first-order valence-corrected chi connectivity index (χ1v) is 13.5. The molecule has 6 rings (SSSR count). The molecule has 0 saturated carbocycles. The summed E-state index contributed by atoms with van der Waals surface area (Å²) in [7, 11) is 0. The van der Waals surface area contributed by atoms with Crippen LogP contribution in [-0.2, 0) is 39.2 Å². The van der Waals surface area contributed by atoms with Gasteiger partial charge in [0.15, 0.2) is 0 Å². The van der Waals surface area contributed by atoms with Gasteiger partial charge >= 0.3 is 0 Å². The molecule has 2 aliphatic heterocycles. The van der Waals surface area contributed by atoms with Gasteiger partial charge in [0.2, 0.25) is 17.7 Å². The normalized spacial score (nSPS) is 21.1. The molecule has 2 aromatic carbocycles. The van der Waals surface area contributed by atoms with Gasteiger partial charge in [0.05, 0.1) is 11.5 Å². The highest BCUT2D eigenvalue weighted by Gasteiger charge is 2.51. The first-order valence-electron chi connectivity index (χ1n) is 13.5. The highest BCUT2D eigenvalue weighted by molar-refractivity contribution is 6.06. The van der Waals surface area contributed by atoms with Gasteiger partial charge in [-0.05, 0) is 79.3 Å². The second-order valence-corrected chi connectivity index (χ2v) is 10.8. The van der Waals surface area contributed by atoms with Crippen LogP contribution in [0.1, 0.15) is 41.5 Å². The summed E-state index contributed by atoms with van der Waals surface area (Å²) in [4.78, 5) is 45.1. The van der Waals surface area contributed by atoms with Gasteiger partial charge < -0.3 is 20.9 Å². The third-order valence-corrected chi connectivity index (χ3v) is 8.01. The molecule has 1 spiro atoms. The van der Waals surface area contributed by atoms with Crippen LogP contribution in [0.3, 0.4) is 0 Å². The summed E-state index contributed by atoms with van der Waals surface area (Å²) in [5, 5.41) is 8.94. The molecular formula is C30H29F2N5O3. The van der Waals surface area contributed by atoms with Crippen molar-refractivity contribution in [1.82, 2.24) is 15.2 Å². The minimum Gasteiger partial charge on any atom is -0.328 e. The molecule has 1 aliphatic carbocycles. The minimum atomic E-state index is -0.743. The average Bonchev–Trinajstić information content (AvgIpc) is 3.44. The number of amides is 3. The van der Waals surface area contributed by atoms with E-state index in [1.54, 1.807) is 12.3 Å². The van der Waals surface area contributed by atoms with E-state index < -0.39 is 29.0 Å². The Hall–Kier alpha value is -4.18. The maximum atomic E-state index is 13.8. The Morgan fingerprint density at radius 3 is 2.62 bits per heavy atom. The fourth-order valence-corrected chi connectivity index (χ4v) is 6.14. The van der Waals surface area contributed by atoms with Crippen molar-refractivity contribution in [2.24, 2.45) is 0 Å². The van der Waals surface area contributed by atoms with Crippen molar-refractivity contribution in [3.05, 3.63) is 88.6 Å². The number of piperidine rings is 1. The zero-order chi connectivity index (χ0) is 27.9. The molecule has 3 N–H and O–H groups in total. The van der Waals surface area contributed by atoms with Crippen LogP contribution in [0, 0.1) is 11.6 Å². The van der Waals surface area contributed by atoms with Crippen molar-refractivity contribution in [3.63, 3.8) is 0 Å². The van der Waals surface area contributed by atoms with E-state index in [0.717, 1.165) is 35.6 Å². The molecular weight excluding hydrogens is 516 g/mol. The van der Waals surface area contributed by atoms with Crippen molar-refractivity contribution >= 4 is 29.2 Å². The monoisotopic (exact) mass is 545 g/mol. The predicted molar refractivity (Wildman–Crippen MR) is 144 cm³/mol. The second kappa shape index (κ2) is 10.4. The van der Waals surface area contributed by atoms with E-state index in [2.05, 4.69) is 20.9 Å². The smallest absolute Gasteiger partial charge is 0.244 e. The Kier molecular flexibility index (Phi) is 6.79. The van der Waals surface area contributed by atoms with Crippen LogP contribution in [0.4, 0.5) is 20.3 Å². The topological polar surface area (TPSA) is 103 Å². The van der Waals surface area contributed by atoms with Gasteiger partial charge in [0.25, 0.3) is 0 Å². The lowest BCUT2D eigenvalue weighted by Gasteiger charge is -2.30. The summed E-state index contributed by atoms with van der Waals surface area (Å²) in [6.45, 7) is 0.312. The number of nitrogens with zero attached hydrogens (tertiary/aromatic N) is 2. The van der Waals surface area contributed by atoms with Crippen molar-refractivity contribution in [1.29, 1.82) is 0 Å². The minimum absolute atomic E-state index is 0.0813. The van der Waals surface area contributed by atoms with Crippen LogP contribution in [0.15, 0.2) is 54.7 Å². The fourth-order valence-electron chi connectivity index (χ4n) is 6.14. The number of nitrogens with one attached hydrogen (secondary N) is 3. The number of hydrogen-bond donors (Lipinski definition) is 3. The standard InChI is InChI=1S/C30H29F2N5O3/c31-21-10-18(11-22(32)13-21)16-37(28(39)25-5-1-2-8-33-25)17-26(38)35-23-7-6-19-14-30(15-20(19)12-23)24-4-3-9-34-27(24)36-29(30)40/h3-4,6-7,9-13,25,33H,1-2,5,8,14-17H2,(H,35,38)(H,34,36,40). The van der Waals surface area contributed by atoms with Gasteiger partial charge in [-0.2, -0.15) is 0 Å². The predicted octanol–water partition coefficient (Wildman–Crippen LogP) is 3.46. The van der Waals surface area contributed by atoms with Gasteiger partial charge in [-0.3, -0.25) is 14.4 Å². The van der Waals surface area contributed by atoms with Crippen LogP contribution in [0.2, 0.25) is 0 Å². The summed E-state index contributed by atoms with van der Waals surface area (Å²) in [5.74, 6) is -1.69. The van der Waals surface area contributed by atoms with Crippen LogP contribution in [0.25, 0.3) is 0 Å². The highest BCUT2D eigenvalue weighted by Crippen LogP contribution is 2.46. The Balaban J connectivity index is 1.18. The summed E-state index contributed by atoms with van der Waals surface area (Å²) in [6.07, 6.45) is 5.15. The van der Waals surface area contributed by atoms with E-state index in [1.807, 2.05) is 24.3 Å². The Morgan fingerprint density at radius 2 is 1.85 bits per heavy atom. The number of fused-ring (bicyclic) bond motifs is 3. The maximum absolute atomic E-state index is 13.8. The third kappa shape index (κ3) is 4.95. The average molecular weight is 546 g/mol.